The minimum Gasteiger partial charge on any atom is -0.369 e. The molecule has 1 aromatic rings. The fraction of sp³-hybridized carbons (Fsp3) is 0.739. The van der Waals surface area contributed by atoms with Gasteiger partial charge in [0.15, 0.2) is 0 Å². The third-order valence-electron chi connectivity index (χ3n) is 6.50. The van der Waals surface area contributed by atoms with Crippen molar-refractivity contribution in [2.45, 2.75) is 72.1 Å². The van der Waals surface area contributed by atoms with Crippen molar-refractivity contribution in [2.75, 3.05) is 37.6 Å². The van der Waals surface area contributed by atoms with Crippen LogP contribution < -0.4 is 4.90 Å². The molecule has 0 atom stereocenters. The van der Waals surface area contributed by atoms with Gasteiger partial charge in [0.2, 0.25) is 0 Å². The van der Waals surface area contributed by atoms with Gasteiger partial charge in [-0.15, -0.1) is 0 Å². The molecule has 2 fully saturated rings. The van der Waals surface area contributed by atoms with Gasteiger partial charge >= 0.3 is 0 Å². The van der Waals surface area contributed by atoms with Crippen LogP contribution in [0.4, 0.5) is 5.69 Å². The van der Waals surface area contributed by atoms with Gasteiger partial charge in [0.1, 0.15) is 0 Å². The van der Waals surface area contributed by atoms with Gasteiger partial charge in [0.25, 0.3) is 0 Å². The second-order valence-corrected chi connectivity index (χ2v) is 9.18. The molecule has 0 radical (unpaired) electrons. The van der Waals surface area contributed by atoms with Crippen LogP contribution in [0.3, 0.4) is 0 Å². The van der Waals surface area contributed by atoms with Crippen LogP contribution in [0.5, 0.6) is 0 Å². The first-order valence-corrected chi connectivity index (χ1v) is 10.6. The molecule has 1 aliphatic heterocycles. The van der Waals surface area contributed by atoms with Gasteiger partial charge in [-0.3, -0.25) is 4.90 Å². The highest BCUT2D eigenvalue weighted by Gasteiger charge is 2.30. The second-order valence-electron chi connectivity index (χ2n) is 9.18. The molecule has 140 valence electrons. The Morgan fingerprint density at radius 3 is 2.36 bits per heavy atom. The lowest BCUT2D eigenvalue weighted by atomic mass is 9.71. The molecule has 0 aromatic heterocycles. The molecule has 1 saturated heterocycles. The van der Waals surface area contributed by atoms with Crippen molar-refractivity contribution in [3.05, 3.63) is 29.3 Å². The molecule has 0 bridgehead atoms. The van der Waals surface area contributed by atoms with E-state index in [1.807, 2.05) is 0 Å². The lowest BCUT2D eigenvalue weighted by Crippen LogP contribution is -2.47. The average molecular weight is 343 g/mol. The van der Waals surface area contributed by atoms with E-state index in [2.05, 4.69) is 55.7 Å². The molecule has 0 unspecified atom stereocenters. The van der Waals surface area contributed by atoms with E-state index in [1.54, 1.807) is 5.56 Å². The van der Waals surface area contributed by atoms with E-state index < -0.39 is 0 Å². The van der Waals surface area contributed by atoms with E-state index in [-0.39, 0.29) is 0 Å². The van der Waals surface area contributed by atoms with E-state index in [0.717, 1.165) is 5.92 Å². The Bertz CT molecular complexity index is 545. The number of nitrogens with zero attached hydrogens (tertiary/aromatic N) is 2. The summed E-state index contributed by atoms with van der Waals surface area (Å²) in [5, 5.41) is 0. The monoisotopic (exact) mass is 342 g/mol. The van der Waals surface area contributed by atoms with Gasteiger partial charge in [0, 0.05) is 31.9 Å². The van der Waals surface area contributed by atoms with Crippen LogP contribution in [0.1, 0.15) is 76.3 Å². The van der Waals surface area contributed by atoms with Crippen LogP contribution in [0.15, 0.2) is 18.2 Å². The number of hydrogen-bond acceptors (Lipinski definition) is 2. The third-order valence-corrected chi connectivity index (χ3v) is 6.50. The van der Waals surface area contributed by atoms with Gasteiger partial charge in [-0.05, 0) is 68.5 Å². The van der Waals surface area contributed by atoms with Crippen molar-refractivity contribution >= 4 is 5.69 Å². The first-order valence-electron chi connectivity index (χ1n) is 10.6. The SMILES string of the molecule is CCCCN1CCN(c2ccc(C)cc2C2CCC(C)(C)CC2)CC1. The van der Waals surface area contributed by atoms with Crippen molar-refractivity contribution in [1.82, 2.24) is 4.90 Å². The predicted molar refractivity (Wildman–Crippen MR) is 110 cm³/mol. The molecule has 0 amide bonds. The van der Waals surface area contributed by atoms with E-state index in [9.17, 15) is 0 Å². The largest absolute Gasteiger partial charge is 0.369 e. The molecule has 1 aromatic carbocycles. The molecule has 25 heavy (non-hydrogen) atoms. The number of benzene rings is 1. The Balaban J connectivity index is 1.70. The van der Waals surface area contributed by atoms with Crippen LogP contribution >= 0.6 is 0 Å². The number of unbranched alkanes of at least 4 members (excludes halogenated alkanes) is 1. The smallest absolute Gasteiger partial charge is 0.0402 e. The number of piperazine rings is 1. The van der Waals surface area contributed by atoms with E-state index in [0.29, 0.717) is 5.41 Å². The maximum Gasteiger partial charge on any atom is 0.0402 e. The fourth-order valence-electron chi connectivity index (χ4n) is 4.59. The molecular formula is C23H38N2. The third kappa shape index (κ3) is 4.78. The quantitative estimate of drug-likeness (QED) is 0.687. The summed E-state index contributed by atoms with van der Waals surface area (Å²) >= 11 is 0. The Hall–Kier alpha value is -1.02. The number of anilines is 1. The Labute approximate surface area is 155 Å². The minimum absolute atomic E-state index is 0.547. The zero-order valence-electron chi connectivity index (χ0n) is 17.0. The van der Waals surface area contributed by atoms with Crippen LogP contribution in [0.2, 0.25) is 0 Å². The van der Waals surface area contributed by atoms with Crippen LogP contribution in [0.25, 0.3) is 0 Å². The van der Waals surface area contributed by atoms with E-state index in [4.69, 9.17) is 0 Å². The molecule has 0 spiro atoms. The summed E-state index contributed by atoms with van der Waals surface area (Å²) in [6, 6.07) is 7.21. The Morgan fingerprint density at radius 2 is 1.72 bits per heavy atom. The lowest BCUT2D eigenvalue weighted by Gasteiger charge is -2.40. The number of aryl methyl sites for hydroxylation is 1. The van der Waals surface area contributed by atoms with E-state index in [1.165, 1.54) is 82.5 Å². The standard InChI is InChI=1S/C23H38N2/c1-5-6-13-24-14-16-25(17-15-24)22-8-7-19(2)18-21(22)20-9-11-23(3,4)12-10-20/h7-8,18,20H,5-6,9-17H2,1-4H3. The normalized spacial score (nSPS) is 22.3. The van der Waals surface area contributed by atoms with Crippen LogP contribution in [-0.2, 0) is 0 Å². The summed E-state index contributed by atoms with van der Waals surface area (Å²) in [6.07, 6.45) is 8.11. The second kappa shape index (κ2) is 8.12. The van der Waals surface area contributed by atoms with Gasteiger partial charge in [-0.2, -0.15) is 0 Å². The average Bonchev–Trinajstić information content (AvgIpc) is 2.60. The molecule has 2 nitrogen and oxygen atoms in total. The van der Waals surface area contributed by atoms with Gasteiger partial charge in [-0.1, -0.05) is 44.9 Å². The maximum absolute atomic E-state index is 2.66. The maximum atomic E-state index is 2.66. The van der Waals surface area contributed by atoms with Crippen molar-refractivity contribution in [3.8, 4) is 0 Å². The molecule has 0 N–H and O–H groups in total. The zero-order valence-corrected chi connectivity index (χ0v) is 17.0. The zero-order chi connectivity index (χ0) is 17.9. The first-order chi connectivity index (χ1) is 12.0. The highest BCUT2D eigenvalue weighted by molar-refractivity contribution is 5.57. The summed E-state index contributed by atoms with van der Waals surface area (Å²) in [5.74, 6) is 0.765. The highest BCUT2D eigenvalue weighted by atomic mass is 15.3. The topological polar surface area (TPSA) is 6.48 Å². The lowest BCUT2D eigenvalue weighted by molar-refractivity contribution is 0.224. The van der Waals surface area contributed by atoms with Gasteiger partial charge < -0.3 is 4.90 Å². The molecule has 2 heteroatoms. The summed E-state index contributed by atoms with van der Waals surface area (Å²) in [7, 11) is 0. The predicted octanol–water partition coefficient (Wildman–Crippen LogP) is 5.60. The van der Waals surface area contributed by atoms with Crippen LogP contribution in [0, 0.1) is 12.3 Å². The Morgan fingerprint density at radius 1 is 1.04 bits per heavy atom. The number of rotatable bonds is 5. The summed E-state index contributed by atoms with van der Waals surface area (Å²) in [5.41, 5.74) is 5.14. The van der Waals surface area contributed by atoms with Crippen molar-refractivity contribution in [2.24, 2.45) is 5.41 Å². The molecule has 1 heterocycles. The van der Waals surface area contributed by atoms with Crippen molar-refractivity contribution in [3.63, 3.8) is 0 Å². The minimum atomic E-state index is 0.547. The van der Waals surface area contributed by atoms with Gasteiger partial charge in [0.05, 0.1) is 0 Å². The molecule has 3 rings (SSSR count). The highest BCUT2D eigenvalue weighted by Crippen LogP contribution is 2.45. The molecule has 2 aliphatic rings. The van der Waals surface area contributed by atoms with E-state index >= 15 is 0 Å². The fourth-order valence-corrected chi connectivity index (χ4v) is 4.59. The molecule has 1 aliphatic carbocycles. The molecule has 1 saturated carbocycles. The van der Waals surface area contributed by atoms with Crippen molar-refractivity contribution in [1.29, 1.82) is 0 Å². The number of hydrogen-bond donors (Lipinski definition) is 0. The summed E-state index contributed by atoms with van der Waals surface area (Å²) < 4.78 is 0. The summed E-state index contributed by atoms with van der Waals surface area (Å²) in [4.78, 5) is 5.31. The van der Waals surface area contributed by atoms with Gasteiger partial charge in [-0.25, -0.2) is 0 Å². The van der Waals surface area contributed by atoms with Crippen molar-refractivity contribution < 1.29 is 0 Å². The summed E-state index contributed by atoms with van der Waals surface area (Å²) in [6.45, 7) is 15.5. The Kier molecular flexibility index (Phi) is 6.09. The van der Waals surface area contributed by atoms with Crippen LogP contribution in [-0.4, -0.2) is 37.6 Å². The molecular weight excluding hydrogens is 304 g/mol. The first kappa shape index (κ1) is 18.8.